The predicted molar refractivity (Wildman–Crippen MR) is 60.5 cm³/mol. The molecule has 0 aliphatic heterocycles. The van der Waals surface area contributed by atoms with Crippen LogP contribution < -0.4 is 5.32 Å². The van der Waals surface area contributed by atoms with Gasteiger partial charge in [0.15, 0.2) is 0 Å². The molecule has 82 valence electrons. The van der Waals surface area contributed by atoms with Gasteiger partial charge in [-0.05, 0) is 31.4 Å². The lowest BCUT2D eigenvalue weighted by molar-refractivity contribution is -0.120. The summed E-state index contributed by atoms with van der Waals surface area (Å²) in [5, 5.41) is 2.62. The van der Waals surface area contributed by atoms with Crippen LogP contribution in [0, 0.1) is 0 Å². The molecule has 0 atom stereocenters. The third-order valence-corrected chi connectivity index (χ3v) is 2.34. The maximum Gasteiger partial charge on any atom is 0.219 e. The molecule has 0 saturated heterocycles. The van der Waals surface area contributed by atoms with Gasteiger partial charge in [0.05, 0.1) is 0 Å². The zero-order valence-electron chi connectivity index (χ0n) is 9.20. The number of carbonyl (C=O) groups is 1. The van der Waals surface area contributed by atoms with Crippen LogP contribution in [0.25, 0.3) is 0 Å². The molecular weight excluding hydrogens is 188 g/mol. The Kier molecular flexibility index (Phi) is 5.44. The highest BCUT2D eigenvalue weighted by molar-refractivity contribution is 5.75. The lowest BCUT2D eigenvalue weighted by Crippen LogP contribution is -2.16. The van der Waals surface area contributed by atoms with E-state index >= 15 is 0 Å². The fourth-order valence-corrected chi connectivity index (χ4v) is 1.44. The Morgan fingerprint density at radius 2 is 2.20 bits per heavy atom. The normalized spacial score (nSPS) is 9.93. The molecule has 0 bridgehead atoms. The highest BCUT2D eigenvalue weighted by atomic mass is 16.1. The molecular formula is C12H18N2O. The molecule has 1 N–H and O–H groups in total. The van der Waals surface area contributed by atoms with Gasteiger partial charge < -0.3 is 5.32 Å². The van der Waals surface area contributed by atoms with E-state index in [0.717, 1.165) is 31.4 Å². The number of unbranched alkanes of at least 4 members (excludes halogenated alkanes) is 2. The molecule has 0 fully saturated rings. The van der Waals surface area contributed by atoms with Gasteiger partial charge in [0, 0.05) is 25.4 Å². The van der Waals surface area contributed by atoms with E-state index in [1.54, 1.807) is 7.05 Å². The molecule has 0 unspecified atom stereocenters. The second kappa shape index (κ2) is 6.98. The number of amides is 1. The fourth-order valence-electron chi connectivity index (χ4n) is 1.44. The molecule has 3 heteroatoms. The van der Waals surface area contributed by atoms with Crippen LogP contribution in [0.2, 0.25) is 0 Å². The monoisotopic (exact) mass is 206 g/mol. The second-order valence-electron chi connectivity index (χ2n) is 3.55. The number of hydrogen-bond donors (Lipinski definition) is 1. The summed E-state index contributed by atoms with van der Waals surface area (Å²) in [6.07, 6.45) is 6.62. The molecule has 0 radical (unpaired) electrons. The van der Waals surface area contributed by atoms with Crippen LogP contribution in [0.4, 0.5) is 0 Å². The minimum absolute atomic E-state index is 0.132. The van der Waals surface area contributed by atoms with Gasteiger partial charge in [-0.25, -0.2) is 0 Å². The van der Waals surface area contributed by atoms with Crippen molar-refractivity contribution in [3.8, 4) is 0 Å². The third-order valence-electron chi connectivity index (χ3n) is 2.34. The van der Waals surface area contributed by atoms with Crippen molar-refractivity contribution < 1.29 is 4.79 Å². The highest BCUT2D eigenvalue weighted by Crippen LogP contribution is 2.05. The molecule has 1 rings (SSSR count). The molecule has 0 aliphatic rings. The average Bonchev–Trinajstić information content (AvgIpc) is 2.29. The van der Waals surface area contributed by atoms with Crippen LogP contribution in [0.1, 0.15) is 31.4 Å². The summed E-state index contributed by atoms with van der Waals surface area (Å²) in [6.45, 7) is 0. The Hall–Kier alpha value is -1.38. The second-order valence-corrected chi connectivity index (χ2v) is 3.55. The molecule has 15 heavy (non-hydrogen) atoms. The fraction of sp³-hybridized carbons (Fsp3) is 0.500. The van der Waals surface area contributed by atoms with Crippen molar-refractivity contribution in [1.29, 1.82) is 0 Å². The summed E-state index contributed by atoms with van der Waals surface area (Å²) in [5.41, 5.74) is 1.14. The Labute approximate surface area is 90.9 Å². The van der Waals surface area contributed by atoms with Crippen molar-refractivity contribution in [1.82, 2.24) is 10.3 Å². The molecule has 0 spiro atoms. The van der Waals surface area contributed by atoms with Crippen molar-refractivity contribution in [3.05, 3.63) is 30.1 Å². The topological polar surface area (TPSA) is 42.0 Å². The highest BCUT2D eigenvalue weighted by Gasteiger charge is 1.98. The first-order chi connectivity index (χ1) is 7.33. The van der Waals surface area contributed by atoms with Crippen molar-refractivity contribution >= 4 is 5.91 Å². The van der Waals surface area contributed by atoms with E-state index < -0.39 is 0 Å². The zero-order chi connectivity index (χ0) is 10.9. The first kappa shape index (κ1) is 11.7. The van der Waals surface area contributed by atoms with Gasteiger partial charge in [0.2, 0.25) is 5.91 Å². The maximum absolute atomic E-state index is 10.9. The lowest BCUT2D eigenvalue weighted by Gasteiger charge is -2.00. The molecule has 1 aromatic heterocycles. The largest absolute Gasteiger partial charge is 0.359 e. The number of pyridine rings is 1. The van der Waals surface area contributed by atoms with E-state index in [2.05, 4.69) is 10.3 Å². The summed E-state index contributed by atoms with van der Waals surface area (Å²) in [6, 6.07) is 5.97. The molecule has 0 aliphatic carbocycles. The number of rotatable bonds is 6. The quantitative estimate of drug-likeness (QED) is 0.723. The summed E-state index contributed by atoms with van der Waals surface area (Å²) in [5.74, 6) is 0.132. The third kappa shape index (κ3) is 5.15. The van der Waals surface area contributed by atoms with Gasteiger partial charge in [-0.3, -0.25) is 9.78 Å². The first-order valence-corrected chi connectivity index (χ1v) is 5.43. The number of nitrogens with zero attached hydrogens (tertiary/aromatic N) is 1. The molecule has 1 heterocycles. The Bertz CT molecular complexity index is 285. The van der Waals surface area contributed by atoms with Crippen molar-refractivity contribution in [2.75, 3.05) is 7.05 Å². The van der Waals surface area contributed by atoms with Crippen LogP contribution in [0.3, 0.4) is 0 Å². The van der Waals surface area contributed by atoms with Gasteiger partial charge in [-0.2, -0.15) is 0 Å². The number of hydrogen-bond acceptors (Lipinski definition) is 2. The molecule has 3 nitrogen and oxygen atoms in total. The number of aromatic nitrogens is 1. The first-order valence-electron chi connectivity index (χ1n) is 5.43. The molecule has 0 saturated carbocycles. The maximum atomic E-state index is 10.9. The number of nitrogens with one attached hydrogen (secondary N) is 1. The summed E-state index contributed by atoms with van der Waals surface area (Å²) in [7, 11) is 1.68. The van der Waals surface area contributed by atoms with E-state index in [-0.39, 0.29) is 5.91 Å². The Balaban J connectivity index is 2.05. The van der Waals surface area contributed by atoms with Crippen LogP contribution in [0.15, 0.2) is 24.4 Å². The van der Waals surface area contributed by atoms with Crippen molar-refractivity contribution in [2.45, 2.75) is 32.1 Å². The van der Waals surface area contributed by atoms with Gasteiger partial charge in [-0.15, -0.1) is 0 Å². The van der Waals surface area contributed by atoms with E-state index in [1.807, 2.05) is 24.4 Å². The van der Waals surface area contributed by atoms with Crippen molar-refractivity contribution in [3.63, 3.8) is 0 Å². The lowest BCUT2D eigenvalue weighted by atomic mass is 10.1. The van der Waals surface area contributed by atoms with Gasteiger partial charge in [0.25, 0.3) is 0 Å². The van der Waals surface area contributed by atoms with E-state index in [1.165, 1.54) is 0 Å². The van der Waals surface area contributed by atoms with Crippen LogP contribution >= 0.6 is 0 Å². The van der Waals surface area contributed by atoms with Gasteiger partial charge in [0.1, 0.15) is 0 Å². The average molecular weight is 206 g/mol. The van der Waals surface area contributed by atoms with E-state index in [9.17, 15) is 4.79 Å². The number of aryl methyl sites for hydroxylation is 1. The summed E-state index contributed by atoms with van der Waals surface area (Å²) < 4.78 is 0. The zero-order valence-corrected chi connectivity index (χ0v) is 9.20. The Morgan fingerprint density at radius 3 is 2.87 bits per heavy atom. The minimum atomic E-state index is 0.132. The van der Waals surface area contributed by atoms with Crippen LogP contribution in [-0.2, 0) is 11.2 Å². The van der Waals surface area contributed by atoms with E-state index in [4.69, 9.17) is 0 Å². The van der Waals surface area contributed by atoms with Crippen molar-refractivity contribution in [2.24, 2.45) is 0 Å². The predicted octanol–water partition coefficient (Wildman–Crippen LogP) is 1.93. The molecule has 1 amide bonds. The van der Waals surface area contributed by atoms with Crippen LogP contribution in [-0.4, -0.2) is 17.9 Å². The molecule has 0 aromatic carbocycles. The number of carbonyl (C=O) groups excluding carboxylic acids is 1. The summed E-state index contributed by atoms with van der Waals surface area (Å²) in [4.78, 5) is 15.2. The standard InChI is InChI=1S/C12H18N2O/c1-13-12(15)9-4-2-3-7-11-8-5-6-10-14-11/h5-6,8,10H,2-4,7,9H2,1H3,(H,13,15). The summed E-state index contributed by atoms with van der Waals surface area (Å²) >= 11 is 0. The van der Waals surface area contributed by atoms with E-state index in [0.29, 0.717) is 6.42 Å². The molecule has 1 aromatic rings. The Morgan fingerprint density at radius 1 is 1.33 bits per heavy atom. The van der Waals surface area contributed by atoms with Gasteiger partial charge >= 0.3 is 0 Å². The SMILES string of the molecule is CNC(=O)CCCCCc1ccccn1. The smallest absolute Gasteiger partial charge is 0.219 e. The van der Waals surface area contributed by atoms with Gasteiger partial charge in [-0.1, -0.05) is 12.5 Å². The van der Waals surface area contributed by atoms with Crippen LogP contribution in [0.5, 0.6) is 0 Å². The minimum Gasteiger partial charge on any atom is -0.359 e.